The molecule has 0 aliphatic heterocycles. The molecule has 0 heterocycles. The molecule has 0 fully saturated rings. The number of carbonyl (C=O) groups is 1. The summed E-state index contributed by atoms with van der Waals surface area (Å²) in [5.41, 5.74) is 1.47. The van der Waals surface area contributed by atoms with Crippen LogP contribution < -0.4 is 4.74 Å². The Hall–Kier alpha value is -1.51. The Labute approximate surface area is 128 Å². The molecule has 0 aliphatic rings. The maximum absolute atomic E-state index is 12.0. The fourth-order valence-corrected chi connectivity index (χ4v) is 2.32. The van der Waals surface area contributed by atoms with Gasteiger partial charge in [-0.25, -0.2) is 0 Å². The van der Waals surface area contributed by atoms with Gasteiger partial charge < -0.3 is 4.74 Å². The van der Waals surface area contributed by atoms with Crippen molar-refractivity contribution in [3.63, 3.8) is 0 Å². The highest BCUT2D eigenvalue weighted by Gasteiger charge is 2.10. The molecule has 20 heavy (non-hydrogen) atoms. The second-order valence-electron chi connectivity index (χ2n) is 4.30. The molecule has 0 radical (unpaired) electrons. The van der Waals surface area contributed by atoms with Gasteiger partial charge >= 0.3 is 0 Å². The molecule has 0 spiro atoms. The first kappa shape index (κ1) is 14.9. The summed E-state index contributed by atoms with van der Waals surface area (Å²) in [7, 11) is 0. The third kappa shape index (κ3) is 3.53. The normalized spacial score (nSPS) is 10.3. The van der Waals surface area contributed by atoms with Crippen molar-refractivity contribution in [1.82, 2.24) is 0 Å². The minimum absolute atomic E-state index is 0.0471. The summed E-state index contributed by atoms with van der Waals surface area (Å²) in [6.07, 6.45) is 0.814. The van der Waals surface area contributed by atoms with Crippen molar-refractivity contribution in [3.05, 3.63) is 63.6 Å². The molecule has 0 bridgehead atoms. The molecule has 0 N–H and O–H groups in total. The average Bonchev–Trinajstić information content (AvgIpc) is 2.46. The van der Waals surface area contributed by atoms with Gasteiger partial charge in [-0.2, -0.15) is 0 Å². The van der Waals surface area contributed by atoms with E-state index < -0.39 is 0 Å². The first-order valence-corrected chi connectivity index (χ1v) is 7.06. The first-order chi connectivity index (χ1) is 9.61. The van der Waals surface area contributed by atoms with Gasteiger partial charge in [-0.3, -0.25) is 4.79 Å². The van der Waals surface area contributed by atoms with Gasteiger partial charge in [0, 0.05) is 10.6 Å². The minimum Gasteiger partial charge on any atom is -0.485 e. The maximum Gasteiger partial charge on any atom is 0.201 e. The van der Waals surface area contributed by atoms with Crippen LogP contribution in [-0.2, 0) is 6.42 Å². The maximum atomic E-state index is 12.0. The number of ether oxygens (including phenoxy) is 1. The highest BCUT2D eigenvalue weighted by Crippen LogP contribution is 2.23. The van der Waals surface area contributed by atoms with Crippen LogP contribution in [0.25, 0.3) is 0 Å². The number of rotatable bonds is 5. The SMILES string of the molecule is CCc1cc(OCC(=O)c2ccccc2Cl)ccc1Cl. The van der Waals surface area contributed by atoms with Crippen LogP contribution >= 0.6 is 23.2 Å². The molecule has 0 atom stereocenters. The zero-order chi connectivity index (χ0) is 14.5. The second-order valence-corrected chi connectivity index (χ2v) is 5.11. The minimum atomic E-state index is -0.149. The molecule has 2 rings (SSSR count). The van der Waals surface area contributed by atoms with E-state index in [1.54, 1.807) is 36.4 Å². The number of aryl methyl sites for hydroxylation is 1. The fraction of sp³-hybridized carbons (Fsp3) is 0.188. The van der Waals surface area contributed by atoms with Gasteiger partial charge in [0.15, 0.2) is 6.61 Å². The molecular weight excluding hydrogens is 295 g/mol. The number of halogens is 2. The van der Waals surface area contributed by atoms with Gasteiger partial charge in [0.05, 0.1) is 5.02 Å². The van der Waals surface area contributed by atoms with Crippen molar-refractivity contribution >= 4 is 29.0 Å². The van der Waals surface area contributed by atoms with E-state index in [1.807, 2.05) is 13.0 Å². The molecule has 2 aromatic rings. The second kappa shape index (κ2) is 6.78. The Bertz CT molecular complexity index is 624. The van der Waals surface area contributed by atoms with Crippen molar-refractivity contribution in [2.24, 2.45) is 0 Å². The third-order valence-electron chi connectivity index (χ3n) is 2.94. The molecule has 0 unspecified atom stereocenters. The summed E-state index contributed by atoms with van der Waals surface area (Å²) < 4.78 is 5.51. The number of Topliss-reactive ketones (excluding diaryl/α,β-unsaturated/α-hetero) is 1. The molecule has 2 aromatic carbocycles. The summed E-state index contributed by atoms with van der Waals surface area (Å²) in [6, 6.07) is 12.3. The highest BCUT2D eigenvalue weighted by atomic mass is 35.5. The van der Waals surface area contributed by atoms with Crippen LogP contribution in [0.15, 0.2) is 42.5 Å². The third-order valence-corrected chi connectivity index (χ3v) is 3.64. The van der Waals surface area contributed by atoms with Crippen LogP contribution in [0.4, 0.5) is 0 Å². The number of ketones is 1. The fourth-order valence-electron chi connectivity index (χ4n) is 1.83. The van der Waals surface area contributed by atoms with Crippen LogP contribution in [0, 0.1) is 0 Å². The number of hydrogen-bond acceptors (Lipinski definition) is 2. The quantitative estimate of drug-likeness (QED) is 0.740. The number of carbonyl (C=O) groups excluding carboxylic acids is 1. The average molecular weight is 309 g/mol. The van der Waals surface area contributed by atoms with Crippen molar-refractivity contribution in [2.45, 2.75) is 13.3 Å². The summed E-state index contributed by atoms with van der Waals surface area (Å²) in [6.45, 7) is 1.97. The van der Waals surface area contributed by atoms with Gasteiger partial charge in [-0.05, 0) is 42.3 Å². The van der Waals surface area contributed by atoms with Crippen molar-refractivity contribution in [2.75, 3.05) is 6.61 Å². The largest absolute Gasteiger partial charge is 0.485 e. The van der Waals surface area contributed by atoms with E-state index in [4.69, 9.17) is 27.9 Å². The molecule has 2 nitrogen and oxygen atoms in total. The van der Waals surface area contributed by atoms with Crippen molar-refractivity contribution < 1.29 is 9.53 Å². The predicted octanol–water partition coefficient (Wildman–Crippen LogP) is 4.82. The Morgan fingerprint density at radius 1 is 1.10 bits per heavy atom. The van der Waals surface area contributed by atoms with Gasteiger partial charge in [0.25, 0.3) is 0 Å². The van der Waals surface area contributed by atoms with Crippen LogP contribution in [-0.4, -0.2) is 12.4 Å². The van der Waals surface area contributed by atoms with Crippen LogP contribution in [0.5, 0.6) is 5.75 Å². The summed E-state index contributed by atoms with van der Waals surface area (Å²) in [5.74, 6) is 0.482. The number of benzene rings is 2. The molecule has 0 saturated carbocycles. The lowest BCUT2D eigenvalue weighted by molar-refractivity contribution is 0.0921. The smallest absolute Gasteiger partial charge is 0.201 e. The van der Waals surface area contributed by atoms with Crippen molar-refractivity contribution in [1.29, 1.82) is 0 Å². The number of hydrogen-bond donors (Lipinski definition) is 0. The molecular formula is C16H14Cl2O2. The van der Waals surface area contributed by atoms with E-state index >= 15 is 0 Å². The summed E-state index contributed by atoms with van der Waals surface area (Å²) in [5, 5.41) is 1.14. The predicted molar refractivity (Wildman–Crippen MR) is 82.1 cm³/mol. The van der Waals surface area contributed by atoms with E-state index in [9.17, 15) is 4.79 Å². The lowest BCUT2D eigenvalue weighted by Gasteiger charge is -2.09. The zero-order valence-corrected chi connectivity index (χ0v) is 12.5. The lowest BCUT2D eigenvalue weighted by Crippen LogP contribution is -2.12. The van der Waals surface area contributed by atoms with Gasteiger partial charge in [0.1, 0.15) is 5.75 Å². The first-order valence-electron chi connectivity index (χ1n) is 6.30. The Balaban J connectivity index is 2.06. The van der Waals surface area contributed by atoms with Gasteiger partial charge in [-0.1, -0.05) is 42.3 Å². The van der Waals surface area contributed by atoms with E-state index in [-0.39, 0.29) is 12.4 Å². The molecule has 104 valence electrons. The van der Waals surface area contributed by atoms with E-state index in [1.165, 1.54) is 0 Å². The standard InChI is InChI=1S/C16H14Cl2O2/c1-2-11-9-12(7-8-14(11)17)20-10-16(19)13-5-3-4-6-15(13)18/h3-9H,2,10H2,1H3. The van der Waals surface area contributed by atoms with Gasteiger partial charge in [-0.15, -0.1) is 0 Å². The highest BCUT2D eigenvalue weighted by molar-refractivity contribution is 6.34. The monoisotopic (exact) mass is 308 g/mol. The molecule has 4 heteroatoms. The molecule has 0 aliphatic carbocycles. The zero-order valence-electron chi connectivity index (χ0n) is 11.0. The van der Waals surface area contributed by atoms with Crippen molar-refractivity contribution in [3.8, 4) is 5.75 Å². The summed E-state index contributed by atoms with van der Waals surface area (Å²) >= 11 is 12.0. The Kier molecular flexibility index (Phi) is 5.05. The van der Waals surface area contributed by atoms with Crippen LogP contribution in [0.1, 0.15) is 22.8 Å². The Morgan fingerprint density at radius 2 is 1.85 bits per heavy atom. The Morgan fingerprint density at radius 3 is 2.55 bits per heavy atom. The molecule has 0 aromatic heterocycles. The summed E-state index contributed by atoms with van der Waals surface area (Å²) in [4.78, 5) is 12.0. The van der Waals surface area contributed by atoms with E-state index in [0.29, 0.717) is 21.4 Å². The van der Waals surface area contributed by atoms with Crippen LogP contribution in [0.2, 0.25) is 10.0 Å². The van der Waals surface area contributed by atoms with E-state index in [2.05, 4.69) is 0 Å². The van der Waals surface area contributed by atoms with Gasteiger partial charge in [0.2, 0.25) is 5.78 Å². The topological polar surface area (TPSA) is 26.3 Å². The molecule has 0 amide bonds. The van der Waals surface area contributed by atoms with E-state index in [0.717, 1.165) is 12.0 Å². The lowest BCUT2D eigenvalue weighted by atomic mass is 10.1. The molecule has 0 saturated heterocycles. The van der Waals surface area contributed by atoms with Crippen LogP contribution in [0.3, 0.4) is 0 Å².